The molecule has 0 N–H and O–H groups in total. The predicted molar refractivity (Wildman–Crippen MR) is 53.3 cm³/mol. The number of aryl methyl sites for hydroxylation is 1. The number of halogens is 3. The van der Waals surface area contributed by atoms with Gasteiger partial charge in [0.25, 0.3) is 6.43 Å². The van der Waals surface area contributed by atoms with Crippen LogP contribution in [-0.4, -0.2) is 6.43 Å². The largest absolute Gasteiger partial charge is 0.425 e. The Kier molecular flexibility index (Phi) is 4.55. The van der Waals surface area contributed by atoms with E-state index in [4.69, 9.17) is 0 Å². The molecule has 0 spiro atoms. The first-order valence-electron chi connectivity index (χ1n) is 4.13. The van der Waals surface area contributed by atoms with E-state index in [1.54, 1.807) is 12.1 Å². The van der Waals surface area contributed by atoms with Crippen molar-refractivity contribution in [2.24, 2.45) is 0 Å². The molecule has 5 heteroatoms. The van der Waals surface area contributed by atoms with Crippen LogP contribution >= 0.6 is 12.0 Å². The van der Waals surface area contributed by atoms with E-state index >= 15 is 0 Å². The summed E-state index contributed by atoms with van der Waals surface area (Å²) >= 11 is 0.825. The van der Waals surface area contributed by atoms with Crippen molar-refractivity contribution in [3.8, 4) is 0 Å². The molecule has 0 aliphatic rings. The Morgan fingerprint density at radius 1 is 1.33 bits per heavy atom. The summed E-state index contributed by atoms with van der Waals surface area (Å²) in [5.41, 5.74) is 1.08. The van der Waals surface area contributed by atoms with Crippen molar-refractivity contribution in [3.05, 3.63) is 41.9 Å². The number of alkyl halides is 2. The van der Waals surface area contributed by atoms with E-state index in [0.29, 0.717) is 6.26 Å². The quantitative estimate of drug-likeness (QED) is 0.573. The SMILES string of the molecule is Cc1ccc(SO/C=C(/F)C(F)F)cc1. The van der Waals surface area contributed by atoms with Crippen LogP contribution in [0.25, 0.3) is 0 Å². The summed E-state index contributed by atoms with van der Waals surface area (Å²) in [6.07, 6.45) is -2.71. The summed E-state index contributed by atoms with van der Waals surface area (Å²) in [6.45, 7) is 1.92. The van der Waals surface area contributed by atoms with Crippen LogP contribution in [0, 0.1) is 6.92 Å². The highest BCUT2D eigenvalue weighted by Crippen LogP contribution is 2.21. The van der Waals surface area contributed by atoms with Gasteiger partial charge in [0.1, 0.15) is 6.26 Å². The summed E-state index contributed by atoms with van der Waals surface area (Å²) in [5, 5.41) is 0. The zero-order chi connectivity index (χ0) is 11.3. The van der Waals surface area contributed by atoms with E-state index in [1.165, 1.54) is 0 Å². The first kappa shape index (κ1) is 12.0. The van der Waals surface area contributed by atoms with E-state index in [0.717, 1.165) is 22.5 Å². The molecule has 0 bridgehead atoms. The van der Waals surface area contributed by atoms with Crippen molar-refractivity contribution >= 4 is 12.0 Å². The van der Waals surface area contributed by atoms with Crippen LogP contribution in [0.3, 0.4) is 0 Å². The molecule has 0 amide bonds. The Balaban J connectivity index is 2.44. The fourth-order valence-corrected chi connectivity index (χ4v) is 1.27. The van der Waals surface area contributed by atoms with E-state index < -0.39 is 12.3 Å². The summed E-state index contributed by atoms with van der Waals surface area (Å²) in [7, 11) is 0. The standard InChI is InChI=1S/C10H9F3OS/c1-7-2-4-8(5-3-7)15-14-6-9(11)10(12)13/h2-6,10H,1H3/b9-6+. The lowest BCUT2D eigenvalue weighted by Gasteiger charge is -2.00. The summed E-state index contributed by atoms with van der Waals surface area (Å²) in [5.74, 6) is -1.57. The fraction of sp³-hybridized carbons (Fsp3) is 0.200. The van der Waals surface area contributed by atoms with Crippen molar-refractivity contribution in [2.75, 3.05) is 0 Å². The Bertz CT molecular complexity index is 335. The van der Waals surface area contributed by atoms with Gasteiger partial charge in [-0.05, 0) is 19.1 Å². The molecule has 1 aromatic carbocycles. The Hall–Kier alpha value is -1.10. The van der Waals surface area contributed by atoms with Gasteiger partial charge in [0, 0.05) is 4.90 Å². The topological polar surface area (TPSA) is 9.23 Å². The second-order valence-electron chi connectivity index (χ2n) is 2.80. The van der Waals surface area contributed by atoms with Gasteiger partial charge in [-0.25, -0.2) is 13.2 Å². The number of hydrogen-bond donors (Lipinski definition) is 0. The molecule has 1 nitrogen and oxygen atoms in total. The summed E-state index contributed by atoms with van der Waals surface area (Å²) < 4.78 is 40.2. The van der Waals surface area contributed by atoms with Crippen LogP contribution in [0.5, 0.6) is 0 Å². The van der Waals surface area contributed by atoms with Crippen molar-refractivity contribution in [1.29, 1.82) is 0 Å². The smallest absolute Gasteiger partial charge is 0.292 e. The average Bonchev–Trinajstić information content (AvgIpc) is 2.20. The maximum Gasteiger partial charge on any atom is 0.292 e. The van der Waals surface area contributed by atoms with Gasteiger partial charge in [-0.2, -0.15) is 0 Å². The van der Waals surface area contributed by atoms with Crippen molar-refractivity contribution in [1.82, 2.24) is 0 Å². The van der Waals surface area contributed by atoms with Gasteiger partial charge in [-0.1, -0.05) is 17.7 Å². The molecule has 0 fully saturated rings. The molecule has 15 heavy (non-hydrogen) atoms. The highest BCUT2D eigenvalue weighted by Gasteiger charge is 2.09. The molecule has 82 valence electrons. The van der Waals surface area contributed by atoms with Crippen LogP contribution in [-0.2, 0) is 4.18 Å². The molecule has 0 heterocycles. The molecule has 0 saturated carbocycles. The number of allylic oxidation sites excluding steroid dienone is 1. The zero-order valence-electron chi connectivity index (χ0n) is 7.91. The Morgan fingerprint density at radius 2 is 1.93 bits per heavy atom. The van der Waals surface area contributed by atoms with Crippen molar-refractivity contribution in [3.63, 3.8) is 0 Å². The number of hydrogen-bond acceptors (Lipinski definition) is 2. The van der Waals surface area contributed by atoms with Crippen molar-refractivity contribution < 1.29 is 17.4 Å². The molecular formula is C10H9F3OS. The van der Waals surface area contributed by atoms with Crippen LogP contribution < -0.4 is 0 Å². The van der Waals surface area contributed by atoms with Crippen LogP contribution in [0.1, 0.15) is 5.56 Å². The minimum Gasteiger partial charge on any atom is -0.425 e. The lowest BCUT2D eigenvalue weighted by molar-refractivity contribution is 0.154. The number of benzene rings is 1. The van der Waals surface area contributed by atoms with Crippen molar-refractivity contribution in [2.45, 2.75) is 18.2 Å². The van der Waals surface area contributed by atoms with Crippen LogP contribution in [0.15, 0.2) is 41.2 Å². The highest BCUT2D eigenvalue weighted by atomic mass is 32.2. The van der Waals surface area contributed by atoms with E-state index in [9.17, 15) is 13.2 Å². The number of rotatable bonds is 4. The molecule has 0 aliphatic carbocycles. The molecule has 0 saturated heterocycles. The molecule has 0 radical (unpaired) electrons. The monoisotopic (exact) mass is 234 g/mol. The first-order chi connectivity index (χ1) is 7.09. The molecular weight excluding hydrogens is 225 g/mol. The van der Waals surface area contributed by atoms with Gasteiger partial charge in [0.15, 0.2) is 0 Å². The first-order valence-corrected chi connectivity index (χ1v) is 4.87. The zero-order valence-corrected chi connectivity index (χ0v) is 8.73. The van der Waals surface area contributed by atoms with Gasteiger partial charge in [-0.15, -0.1) is 0 Å². The predicted octanol–water partition coefficient (Wildman–Crippen LogP) is 4.09. The molecule has 0 atom stereocenters. The Labute approximate surface area is 90.1 Å². The third-order valence-electron chi connectivity index (χ3n) is 1.53. The lowest BCUT2D eigenvalue weighted by Crippen LogP contribution is -1.89. The molecule has 0 unspecified atom stereocenters. The van der Waals surface area contributed by atoms with E-state index in [1.807, 2.05) is 19.1 Å². The Morgan fingerprint density at radius 3 is 2.47 bits per heavy atom. The third kappa shape index (κ3) is 4.29. The normalized spacial score (nSPS) is 11.9. The molecule has 0 aromatic heterocycles. The van der Waals surface area contributed by atoms with Gasteiger partial charge in [0.2, 0.25) is 5.83 Å². The highest BCUT2D eigenvalue weighted by molar-refractivity contribution is 7.94. The summed E-state index contributed by atoms with van der Waals surface area (Å²) in [4.78, 5) is 0.721. The molecule has 0 aliphatic heterocycles. The van der Waals surface area contributed by atoms with E-state index in [2.05, 4.69) is 4.18 Å². The minimum absolute atomic E-state index is 0.412. The second kappa shape index (κ2) is 5.70. The minimum atomic E-state index is -3.12. The van der Waals surface area contributed by atoms with Crippen LogP contribution in [0.2, 0.25) is 0 Å². The second-order valence-corrected chi connectivity index (χ2v) is 3.63. The van der Waals surface area contributed by atoms with Gasteiger partial charge >= 0.3 is 0 Å². The van der Waals surface area contributed by atoms with Gasteiger partial charge in [0.05, 0.1) is 12.0 Å². The summed E-state index contributed by atoms with van der Waals surface area (Å²) in [6, 6.07) is 7.21. The van der Waals surface area contributed by atoms with E-state index in [-0.39, 0.29) is 0 Å². The van der Waals surface area contributed by atoms with Gasteiger partial charge in [-0.3, -0.25) is 0 Å². The maximum absolute atomic E-state index is 12.3. The van der Waals surface area contributed by atoms with Crippen LogP contribution in [0.4, 0.5) is 13.2 Å². The lowest BCUT2D eigenvalue weighted by atomic mass is 10.2. The van der Waals surface area contributed by atoms with Gasteiger partial charge < -0.3 is 4.18 Å². The molecule has 1 aromatic rings. The molecule has 1 rings (SSSR count). The maximum atomic E-state index is 12.3. The fourth-order valence-electron chi connectivity index (χ4n) is 0.771. The average molecular weight is 234 g/mol. The third-order valence-corrected chi connectivity index (χ3v) is 2.19.